The summed E-state index contributed by atoms with van der Waals surface area (Å²) in [7, 11) is 0. The van der Waals surface area contributed by atoms with Gasteiger partial charge in [-0.05, 0) is 0 Å². The van der Waals surface area contributed by atoms with E-state index >= 15 is 0 Å². The molecule has 0 saturated heterocycles. The van der Waals surface area contributed by atoms with Crippen molar-refractivity contribution in [3.63, 3.8) is 0 Å². The van der Waals surface area contributed by atoms with E-state index in [1.165, 1.54) is 46.9 Å². The molecule has 0 atom stereocenters. The Balaban J connectivity index is 3.04. The van der Waals surface area contributed by atoms with Crippen molar-refractivity contribution in [3.8, 4) is 0 Å². The first-order valence-corrected chi connectivity index (χ1v) is 12.1. The van der Waals surface area contributed by atoms with Crippen molar-refractivity contribution in [1.82, 2.24) is 0 Å². The summed E-state index contributed by atoms with van der Waals surface area (Å²) in [6.45, 7) is 4.52. The molecule has 0 aromatic heterocycles. The first-order valence-electron chi connectivity index (χ1n) is 5.56. The van der Waals surface area contributed by atoms with E-state index in [9.17, 15) is 0 Å². The maximum atomic E-state index is 6.17. The van der Waals surface area contributed by atoms with E-state index < -0.39 is 21.7 Å². The van der Waals surface area contributed by atoms with Crippen LogP contribution in [0.3, 0.4) is 0 Å². The first kappa shape index (κ1) is 12.8. The number of nitrogens with two attached hydrogens (primary N) is 1. The van der Waals surface area contributed by atoms with Gasteiger partial charge in [-0.3, -0.25) is 0 Å². The molecule has 72 valence electrons. The van der Waals surface area contributed by atoms with Crippen LogP contribution in [0.25, 0.3) is 0 Å². The van der Waals surface area contributed by atoms with Gasteiger partial charge < -0.3 is 0 Å². The second-order valence-electron chi connectivity index (χ2n) is 3.75. The van der Waals surface area contributed by atoms with Gasteiger partial charge in [-0.2, -0.15) is 0 Å². The summed E-state index contributed by atoms with van der Waals surface area (Å²) >= 11 is -1.40. The Hall–Kier alpha value is 0.830. The van der Waals surface area contributed by atoms with Gasteiger partial charge in [0.2, 0.25) is 0 Å². The van der Waals surface area contributed by atoms with Gasteiger partial charge >= 0.3 is 86.2 Å². The fraction of sp³-hybridized carbons (Fsp3) is 1.00. The Morgan fingerprint density at radius 1 is 0.833 bits per heavy atom. The molecule has 0 aliphatic carbocycles. The quantitative estimate of drug-likeness (QED) is 0.674. The van der Waals surface area contributed by atoms with Gasteiger partial charge in [0.25, 0.3) is 0 Å². The molecule has 0 amide bonds. The molecule has 2 heteroatoms. The fourth-order valence-corrected chi connectivity index (χ4v) is 6.92. The van der Waals surface area contributed by atoms with Crippen molar-refractivity contribution in [2.75, 3.05) is 0 Å². The second kappa shape index (κ2) is 9.91. The van der Waals surface area contributed by atoms with Crippen LogP contribution < -0.4 is 3.72 Å². The van der Waals surface area contributed by atoms with E-state index in [4.69, 9.17) is 3.72 Å². The Morgan fingerprint density at radius 2 is 1.25 bits per heavy atom. The molecule has 0 bridgehead atoms. The van der Waals surface area contributed by atoms with Crippen LogP contribution in [0.5, 0.6) is 0 Å². The van der Waals surface area contributed by atoms with Crippen molar-refractivity contribution in [3.05, 3.63) is 0 Å². The molecule has 0 aromatic rings. The van der Waals surface area contributed by atoms with E-state index in [1.54, 1.807) is 0 Å². The zero-order valence-corrected chi connectivity index (χ0v) is 12.1. The predicted octanol–water partition coefficient (Wildman–Crippen LogP) is 3.32. The zero-order valence-electron chi connectivity index (χ0n) is 8.81. The number of unbranched alkanes of at least 4 members (excludes halogenated alkanes) is 4. The molecule has 0 saturated carbocycles. The van der Waals surface area contributed by atoms with Crippen LogP contribution >= 0.6 is 0 Å². The summed E-state index contributed by atoms with van der Waals surface area (Å²) in [4.78, 5) is 0. The summed E-state index contributed by atoms with van der Waals surface area (Å²) < 4.78 is 9.05. The molecule has 0 fully saturated rings. The molecule has 0 spiro atoms. The first-order chi connectivity index (χ1) is 5.81. The summed E-state index contributed by atoms with van der Waals surface area (Å²) in [5.74, 6) is 0. The van der Waals surface area contributed by atoms with E-state index in [1.807, 2.05) is 0 Å². The van der Waals surface area contributed by atoms with Crippen LogP contribution in [0.4, 0.5) is 0 Å². The van der Waals surface area contributed by atoms with Crippen LogP contribution in [0.1, 0.15) is 52.4 Å². The van der Waals surface area contributed by atoms with Crippen molar-refractivity contribution in [1.29, 1.82) is 0 Å². The second-order valence-corrected chi connectivity index (χ2v) is 11.4. The van der Waals surface area contributed by atoms with Gasteiger partial charge in [0.05, 0.1) is 0 Å². The molecular formula is C10H24InN. The Kier molecular flexibility index (Phi) is 10.6. The third-order valence-corrected chi connectivity index (χ3v) is 8.92. The standard InChI is InChI=1S/2C5H11.In.H2N/c2*1-3-5-4-2;;/h2*1,3-5H2,2H3;;1H2/q;;+1;-1. The molecular weight excluding hydrogens is 249 g/mol. The zero-order chi connectivity index (χ0) is 9.23. The minimum atomic E-state index is -1.40. The van der Waals surface area contributed by atoms with Gasteiger partial charge in [0, 0.05) is 0 Å². The molecule has 2 N–H and O–H groups in total. The summed E-state index contributed by atoms with van der Waals surface area (Å²) in [5, 5.41) is 0. The fourth-order valence-electron chi connectivity index (χ4n) is 1.46. The van der Waals surface area contributed by atoms with E-state index in [2.05, 4.69) is 13.8 Å². The van der Waals surface area contributed by atoms with Crippen LogP contribution in [0, 0.1) is 0 Å². The normalized spacial score (nSPS) is 10.2. The van der Waals surface area contributed by atoms with E-state index in [-0.39, 0.29) is 0 Å². The Bertz CT molecular complexity index is 75.9. The molecule has 0 heterocycles. The Morgan fingerprint density at radius 3 is 1.58 bits per heavy atom. The molecule has 0 rings (SSSR count). The third-order valence-electron chi connectivity index (χ3n) is 2.36. The maximum absolute atomic E-state index is 6.17. The monoisotopic (exact) mass is 273 g/mol. The molecule has 1 nitrogen and oxygen atoms in total. The van der Waals surface area contributed by atoms with Crippen LogP contribution in [-0.2, 0) is 0 Å². The van der Waals surface area contributed by atoms with Crippen molar-refractivity contribution in [2.24, 2.45) is 3.72 Å². The van der Waals surface area contributed by atoms with Crippen molar-refractivity contribution in [2.45, 2.75) is 60.7 Å². The number of hydrogen-bond donors (Lipinski definition) is 1. The van der Waals surface area contributed by atoms with E-state index in [0.717, 1.165) is 0 Å². The summed E-state index contributed by atoms with van der Waals surface area (Å²) in [5.41, 5.74) is 0. The molecule has 0 aliphatic heterocycles. The van der Waals surface area contributed by atoms with Crippen LogP contribution in [0.2, 0.25) is 8.35 Å². The average Bonchev–Trinajstić information content (AvgIpc) is 2.06. The minimum absolute atomic E-state index is 1.34. The molecule has 12 heavy (non-hydrogen) atoms. The van der Waals surface area contributed by atoms with Gasteiger partial charge in [0.1, 0.15) is 0 Å². The molecule has 0 aromatic carbocycles. The summed E-state index contributed by atoms with van der Waals surface area (Å²) in [6, 6.07) is 0. The van der Waals surface area contributed by atoms with Gasteiger partial charge in [-0.25, -0.2) is 0 Å². The molecule has 0 radical (unpaired) electrons. The third kappa shape index (κ3) is 8.92. The van der Waals surface area contributed by atoms with Crippen LogP contribution in [0.15, 0.2) is 0 Å². The van der Waals surface area contributed by atoms with Gasteiger partial charge in [-0.15, -0.1) is 0 Å². The van der Waals surface area contributed by atoms with Crippen molar-refractivity contribution < 1.29 is 0 Å². The predicted molar refractivity (Wildman–Crippen MR) is 58.6 cm³/mol. The van der Waals surface area contributed by atoms with E-state index in [0.29, 0.717) is 0 Å². The van der Waals surface area contributed by atoms with Crippen LogP contribution in [-0.4, -0.2) is 21.7 Å². The average molecular weight is 273 g/mol. The number of hydrogen-bond acceptors (Lipinski definition) is 1. The molecule has 0 unspecified atom stereocenters. The topological polar surface area (TPSA) is 26.0 Å². The summed E-state index contributed by atoms with van der Waals surface area (Å²) in [6.07, 6.45) is 8.32. The number of rotatable bonds is 8. The Labute approximate surface area is 86.0 Å². The van der Waals surface area contributed by atoms with Gasteiger partial charge in [0.15, 0.2) is 0 Å². The van der Waals surface area contributed by atoms with Crippen molar-refractivity contribution >= 4 is 21.7 Å². The van der Waals surface area contributed by atoms with Gasteiger partial charge in [-0.1, -0.05) is 0 Å². The molecule has 0 aliphatic rings. The SMILES string of the molecule is CCCC[CH2][In]([NH2])[CH2]CCCC.